The SMILES string of the molecule is [2H]c1nc(-n2c3cc(Oc4cccc(N5CN(c6c(-c7cccc(C(C)(C)C)c7)cccc6-c6c([2H])c([2H])c([2H])c([2H])c6[2H])c6ccccc65)c4)ccc3c3c([2H])c([2H])c([2H])c([2H])c32)c([2H])c(C([2H])([2H])[2H])c1[2H]. The molecule has 10 rings (SSSR count). The molecule has 58 heavy (non-hydrogen) atoms. The molecule has 0 saturated carbocycles. The largest absolute Gasteiger partial charge is 0.457 e. The van der Waals surface area contributed by atoms with Crippen LogP contribution in [0.2, 0.25) is 0 Å². The van der Waals surface area contributed by atoms with Crippen molar-refractivity contribution in [1.82, 2.24) is 9.55 Å². The van der Waals surface area contributed by atoms with Gasteiger partial charge in [-0.05, 0) is 89.0 Å². The Morgan fingerprint density at radius 3 is 2.21 bits per heavy atom. The summed E-state index contributed by atoms with van der Waals surface area (Å²) in [7, 11) is 0. The molecule has 0 amide bonds. The fourth-order valence-electron chi connectivity index (χ4n) is 7.68. The number of benzene rings is 7. The summed E-state index contributed by atoms with van der Waals surface area (Å²) in [5.41, 5.74) is 5.31. The molecule has 0 bridgehead atoms. The molecule has 7 aromatic carbocycles. The van der Waals surface area contributed by atoms with E-state index in [1.54, 1.807) is 30.3 Å². The van der Waals surface area contributed by atoms with Gasteiger partial charge in [0.05, 0.1) is 44.5 Å². The van der Waals surface area contributed by atoms with E-state index in [2.05, 4.69) is 47.7 Å². The second-order valence-corrected chi connectivity index (χ2v) is 15.0. The van der Waals surface area contributed by atoms with E-state index in [1.807, 2.05) is 66.7 Å². The number of anilines is 4. The van der Waals surface area contributed by atoms with E-state index in [-0.39, 0.29) is 57.9 Å². The summed E-state index contributed by atoms with van der Waals surface area (Å²) >= 11 is 0. The molecule has 0 radical (unpaired) electrons. The molecule has 2 aromatic heterocycles. The first kappa shape index (κ1) is 22.6. The topological polar surface area (TPSA) is 33.5 Å². The third-order valence-electron chi connectivity index (χ3n) is 10.4. The quantitative estimate of drug-likeness (QED) is 0.162. The Labute approximate surface area is 361 Å². The molecule has 0 unspecified atom stereocenters. The second kappa shape index (κ2) is 14.1. The first-order valence-corrected chi connectivity index (χ1v) is 18.8. The summed E-state index contributed by atoms with van der Waals surface area (Å²) in [6.07, 6.45) is -0.734. The summed E-state index contributed by atoms with van der Waals surface area (Å²) in [6, 6.07) is 28.1. The number of fused-ring (bicyclic) bond motifs is 4. The lowest BCUT2D eigenvalue weighted by atomic mass is 9.85. The average molecular weight is 768 g/mol. The minimum Gasteiger partial charge on any atom is -0.457 e. The lowest BCUT2D eigenvalue weighted by molar-refractivity contribution is 0.483. The van der Waals surface area contributed by atoms with Gasteiger partial charge in [0, 0.05) is 50.0 Å². The van der Waals surface area contributed by atoms with Crippen LogP contribution in [0.5, 0.6) is 11.5 Å². The summed E-state index contributed by atoms with van der Waals surface area (Å²) in [5.74, 6) is 0.189. The van der Waals surface area contributed by atoms with Crippen molar-refractivity contribution >= 4 is 44.6 Å². The van der Waals surface area contributed by atoms with E-state index in [1.165, 1.54) is 4.57 Å². The van der Waals surface area contributed by atoms with Crippen LogP contribution in [-0.2, 0) is 5.41 Å². The van der Waals surface area contributed by atoms with Crippen molar-refractivity contribution in [3.8, 4) is 39.6 Å². The molecular formula is C53H44N4O. The first-order chi connectivity index (χ1) is 34.5. The van der Waals surface area contributed by atoms with E-state index in [4.69, 9.17) is 25.3 Å². The van der Waals surface area contributed by atoms with Gasteiger partial charge in [-0.15, -0.1) is 0 Å². The second-order valence-electron chi connectivity index (χ2n) is 15.0. The van der Waals surface area contributed by atoms with Crippen molar-refractivity contribution in [2.45, 2.75) is 33.0 Å². The minimum absolute atomic E-state index is 0.0660. The van der Waals surface area contributed by atoms with Gasteiger partial charge in [-0.2, -0.15) is 0 Å². The molecule has 3 heterocycles. The highest BCUT2D eigenvalue weighted by atomic mass is 16.5. The number of aromatic nitrogens is 2. The summed E-state index contributed by atoms with van der Waals surface area (Å²) < 4.78 is 137. The Morgan fingerprint density at radius 2 is 1.38 bits per heavy atom. The number of para-hydroxylation sites is 4. The summed E-state index contributed by atoms with van der Waals surface area (Å²) in [5, 5.41) is 0.381. The van der Waals surface area contributed by atoms with Gasteiger partial charge in [0.15, 0.2) is 0 Å². The normalized spacial score (nSPS) is 16.6. The van der Waals surface area contributed by atoms with Crippen LogP contribution in [0.1, 0.15) is 52.5 Å². The molecule has 0 fully saturated rings. The van der Waals surface area contributed by atoms with Crippen LogP contribution >= 0.6 is 0 Å². The van der Waals surface area contributed by atoms with E-state index >= 15 is 0 Å². The van der Waals surface area contributed by atoms with Crippen molar-refractivity contribution in [3.63, 3.8) is 0 Å². The lowest BCUT2D eigenvalue weighted by Gasteiger charge is -2.28. The van der Waals surface area contributed by atoms with Crippen molar-refractivity contribution in [1.29, 1.82) is 0 Å². The Morgan fingerprint density at radius 1 is 0.638 bits per heavy atom. The van der Waals surface area contributed by atoms with Gasteiger partial charge < -0.3 is 14.5 Å². The van der Waals surface area contributed by atoms with Crippen molar-refractivity contribution in [2.75, 3.05) is 16.5 Å². The average Bonchev–Trinajstić information content (AvgIpc) is 3.91. The Balaban J connectivity index is 1.11. The third-order valence-corrected chi connectivity index (χ3v) is 10.4. The maximum atomic E-state index is 9.09. The van der Waals surface area contributed by atoms with E-state index < -0.39 is 72.7 Å². The fourth-order valence-corrected chi connectivity index (χ4v) is 7.68. The summed E-state index contributed by atoms with van der Waals surface area (Å²) in [6.45, 7) is 3.62. The maximum absolute atomic E-state index is 9.09. The standard InChI is InChI=1S/C53H44N4O/c1-36-29-30-54-51(31-36)57-47-24-9-8-21-45(47)46-28-27-42(34-50(46)57)58-41-20-13-19-40(33-41)55-35-56(49-26-11-10-25-48(49)55)52-43(37-15-6-5-7-16-37)22-14-23-44(52)38-17-12-18-39(32-38)53(2,3)4/h5-34H,35H2,1-4H3/i1D3,5D,6D,7D,8D,9D,15D,16D,21D,24D,29D,30D,31D. The van der Waals surface area contributed by atoms with Crippen molar-refractivity contribution < 1.29 is 25.3 Å². The van der Waals surface area contributed by atoms with Gasteiger partial charge in [-0.1, -0.05) is 130 Å². The summed E-state index contributed by atoms with van der Waals surface area (Å²) in [4.78, 5) is 8.31. The highest BCUT2D eigenvalue weighted by Gasteiger charge is 2.31. The highest BCUT2D eigenvalue weighted by Crippen LogP contribution is 2.50. The van der Waals surface area contributed by atoms with Crippen LogP contribution in [0.25, 0.3) is 49.9 Å². The zero-order valence-corrected chi connectivity index (χ0v) is 31.8. The van der Waals surface area contributed by atoms with E-state index in [0.717, 1.165) is 28.1 Å². The molecule has 0 aliphatic carbocycles. The molecule has 0 spiro atoms. The van der Waals surface area contributed by atoms with Gasteiger partial charge in [0.25, 0.3) is 0 Å². The molecule has 0 N–H and O–H groups in total. The number of hydrogen-bond acceptors (Lipinski definition) is 4. The molecule has 0 atom stereocenters. The van der Waals surface area contributed by atoms with Crippen molar-refractivity contribution in [3.05, 3.63) is 193 Å². The van der Waals surface area contributed by atoms with Gasteiger partial charge in [-0.3, -0.25) is 4.57 Å². The third kappa shape index (κ3) is 6.25. The minimum atomic E-state index is -2.99. The predicted octanol–water partition coefficient (Wildman–Crippen LogP) is 14.2. The van der Waals surface area contributed by atoms with Crippen LogP contribution in [0, 0.1) is 6.85 Å². The molecule has 0 saturated heterocycles. The molecule has 1 aliphatic rings. The van der Waals surface area contributed by atoms with Gasteiger partial charge in [-0.25, -0.2) is 4.98 Å². The highest BCUT2D eigenvalue weighted by molar-refractivity contribution is 6.09. The molecule has 282 valence electrons. The van der Waals surface area contributed by atoms with E-state index in [9.17, 15) is 0 Å². The first-order valence-electron chi connectivity index (χ1n) is 26.3. The van der Waals surface area contributed by atoms with Crippen LogP contribution < -0.4 is 14.5 Å². The number of pyridine rings is 1. The predicted molar refractivity (Wildman–Crippen MR) is 241 cm³/mol. The van der Waals surface area contributed by atoms with E-state index in [0.29, 0.717) is 28.1 Å². The fraction of sp³-hybridized carbons (Fsp3) is 0.113. The lowest BCUT2D eigenvalue weighted by Crippen LogP contribution is -2.25. The van der Waals surface area contributed by atoms with Gasteiger partial charge >= 0.3 is 0 Å². The Kier molecular flexibility index (Phi) is 5.50. The molecule has 1 aliphatic heterocycles. The van der Waals surface area contributed by atoms with Gasteiger partial charge in [0.2, 0.25) is 0 Å². The zero-order chi connectivity index (χ0) is 52.3. The maximum Gasteiger partial charge on any atom is 0.137 e. The number of hydrogen-bond donors (Lipinski definition) is 0. The number of ether oxygens (including phenoxy) is 1. The molecule has 9 aromatic rings. The Hall–Kier alpha value is -7.11. The van der Waals surface area contributed by atoms with Crippen LogP contribution in [0.3, 0.4) is 0 Å². The van der Waals surface area contributed by atoms with Crippen LogP contribution in [0.15, 0.2) is 182 Å². The molecular weight excluding hydrogens is 709 g/mol. The zero-order valence-electron chi connectivity index (χ0n) is 46.8. The smallest absolute Gasteiger partial charge is 0.137 e. The molecule has 5 nitrogen and oxygen atoms in total. The number of nitrogens with zero attached hydrogens (tertiary/aromatic N) is 4. The van der Waals surface area contributed by atoms with Gasteiger partial charge in [0.1, 0.15) is 24.0 Å². The Bertz CT molecular complexity index is 3760. The van der Waals surface area contributed by atoms with Crippen LogP contribution in [-0.4, -0.2) is 16.2 Å². The van der Waals surface area contributed by atoms with Crippen molar-refractivity contribution in [2.24, 2.45) is 0 Å². The van der Waals surface area contributed by atoms with Crippen LogP contribution in [0.4, 0.5) is 22.7 Å². The molecule has 5 heteroatoms. The number of rotatable bonds is 7. The monoisotopic (exact) mass is 767 g/mol.